The largest absolute Gasteiger partial charge is 0.476 e. The molecule has 4 heterocycles. The van der Waals surface area contributed by atoms with Crippen LogP contribution in [-0.4, -0.2) is 88.1 Å². The molecule has 3 fully saturated rings. The van der Waals surface area contributed by atoms with Crippen LogP contribution in [0.5, 0.6) is 5.88 Å². The van der Waals surface area contributed by atoms with Crippen molar-refractivity contribution in [1.29, 1.82) is 0 Å². The highest BCUT2D eigenvalue weighted by atomic mass is 16.5. The number of carbonyl (C=O) groups excluding carboxylic acids is 2. The number of carbonyl (C=O) groups is 2. The van der Waals surface area contributed by atoms with Gasteiger partial charge in [-0.05, 0) is 70.7 Å². The Labute approximate surface area is 247 Å². The Morgan fingerprint density at radius 3 is 2.60 bits per heavy atom. The summed E-state index contributed by atoms with van der Waals surface area (Å²) in [5, 5.41) is 3.42. The van der Waals surface area contributed by atoms with Gasteiger partial charge >= 0.3 is 0 Å². The zero-order valence-electron chi connectivity index (χ0n) is 24.6. The second-order valence-electron chi connectivity index (χ2n) is 12.0. The average molecular weight is 574 g/mol. The van der Waals surface area contributed by atoms with E-state index in [2.05, 4.69) is 36.7 Å². The summed E-state index contributed by atoms with van der Waals surface area (Å²) >= 11 is 0. The summed E-state index contributed by atoms with van der Waals surface area (Å²) in [6.45, 7) is 8.27. The van der Waals surface area contributed by atoms with Gasteiger partial charge in [0.05, 0.1) is 17.2 Å². The molecule has 0 bridgehead atoms. The van der Waals surface area contributed by atoms with E-state index >= 15 is 0 Å². The molecule has 2 saturated heterocycles. The van der Waals surface area contributed by atoms with Gasteiger partial charge in [0, 0.05) is 55.8 Å². The van der Waals surface area contributed by atoms with Gasteiger partial charge < -0.3 is 24.5 Å². The number of ether oxygens (including phenoxy) is 1. The Balaban J connectivity index is 1.24. The molecule has 2 aromatic heterocycles. The maximum atomic E-state index is 13.3. The number of hydrogen-bond acceptors (Lipinski definition) is 6. The smallest absolute Gasteiger partial charge is 0.280 e. The molecule has 2 aliphatic heterocycles. The van der Waals surface area contributed by atoms with Gasteiger partial charge in [-0.25, -0.2) is 4.98 Å². The lowest BCUT2D eigenvalue weighted by Gasteiger charge is -2.36. The number of hydrogen-bond donors (Lipinski definition) is 2. The van der Waals surface area contributed by atoms with Crippen LogP contribution in [0, 0.1) is 5.92 Å². The molecule has 1 aromatic carbocycles. The third-order valence-corrected chi connectivity index (χ3v) is 9.02. The highest BCUT2D eigenvalue weighted by Gasteiger charge is 2.32. The molecule has 2 N–H and O–H groups in total. The van der Waals surface area contributed by atoms with E-state index in [0.717, 1.165) is 76.0 Å². The van der Waals surface area contributed by atoms with Crippen molar-refractivity contribution in [1.82, 2.24) is 29.7 Å². The van der Waals surface area contributed by atoms with E-state index in [1.807, 2.05) is 29.2 Å². The number of likely N-dealkylation sites (tertiary alicyclic amines) is 1. The predicted molar refractivity (Wildman–Crippen MR) is 161 cm³/mol. The van der Waals surface area contributed by atoms with E-state index in [1.54, 1.807) is 18.3 Å². The molecule has 10 heteroatoms. The third-order valence-electron chi connectivity index (χ3n) is 9.02. The van der Waals surface area contributed by atoms with Crippen molar-refractivity contribution in [2.24, 2.45) is 10.9 Å². The number of amides is 2. The van der Waals surface area contributed by atoms with Crippen LogP contribution in [0.3, 0.4) is 0 Å². The van der Waals surface area contributed by atoms with Gasteiger partial charge in [-0.2, -0.15) is 4.99 Å². The molecule has 1 atom stereocenters. The van der Waals surface area contributed by atoms with Crippen molar-refractivity contribution in [3.63, 3.8) is 0 Å². The van der Waals surface area contributed by atoms with Crippen molar-refractivity contribution in [2.45, 2.75) is 64.0 Å². The van der Waals surface area contributed by atoms with Crippen LogP contribution in [0.2, 0.25) is 0 Å². The average Bonchev–Trinajstić information content (AvgIpc) is 3.38. The minimum Gasteiger partial charge on any atom is -0.476 e. The van der Waals surface area contributed by atoms with Crippen LogP contribution in [0.4, 0.5) is 0 Å². The predicted octanol–water partition coefficient (Wildman–Crippen LogP) is 3.52. The van der Waals surface area contributed by atoms with Crippen molar-refractivity contribution in [3.05, 3.63) is 53.8 Å². The summed E-state index contributed by atoms with van der Waals surface area (Å²) in [6.07, 6.45) is 8.91. The first-order valence-electron chi connectivity index (χ1n) is 15.7. The number of aromatic amines is 1. The standard InChI is InChI=1S/C32H43N7O3/c1-23-22-38(17-14-33-23)31(41)25-10-12-26(13-11-25)39-28-20-29(42-19-18-37-15-6-3-7-16-37)34-21-27(28)35-32(39)36-30(40)24-8-4-2-5-9-24/h2,4-5,8-9,20-21,23,25-26,33H,3,6-7,10-19,22H2,1H3,(H,35,36,40)/t23-,25?,26?/m0/s1. The number of aromatic nitrogens is 3. The van der Waals surface area contributed by atoms with Crippen LogP contribution in [0.25, 0.3) is 11.0 Å². The molecule has 1 aliphatic carbocycles. The summed E-state index contributed by atoms with van der Waals surface area (Å²) in [6, 6.07) is 11.5. The van der Waals surface area contributed by atoms with E-state index in [9.17, 15) is 9.59 Å². The Morgan fingerprint density at radius 1 is 1.05 bits per heavy atom. The summed E-state index contributed by atoms with van der Waals surface area (Å²) in [5.41, 5.74) is 2.79. The lowest BCUT2D eigenvalue weighted by Crippen LogP contribution is -2.53. The van der Waals surface area contributed by atoms with E-state index in [1.165, 1.54) is 19.3 Å². The van der Waals surface area contributed by atoms with E-state index in [4.69, 9.17) is 4.74 Å². The maximum absolute atomic E-state index is 13.3. The highest BCUT2D eigenvalue weighted by molar-refractivity contribution is 5.94. The van der Waals surface area contributed by atoms with E-state index in [0.29, 0.717) is 29.7 Å². The number of pyridine rings is 1. The number of benzene rings is 1. The highest BCUT2D eigenvalue weighted by Crippen LogP contribution is 2.34. The molecular weight excluding hydrogens is 530 g/mol. The van der Waals surface area contributed by atoms with Crippen molar-refractivity contribution < 1.29 is 14.3 Å². The van der Waals surface area contributed by atoms with Crippen molar-refractivity contribution in [2.75, 3.05) is 45.9 Å². The molecule has 0 unspecified atom stereocenters. The number of rotatable bonds is 7. The molecule has 0 radical (unpaired) electrons. The monoisotopic (exact) mass is 573 g/mol. The maximum Gasteiger partial charge on any atom is 0.280 e. The minimum atomic E-state index is -0.293. The quantitative estimate of drug-likeness (QED) is 0.448. The van der Waals surface area contributed by atoms with Crippen LogP contribution in [0.1, 0.15) is 68.3 Å². The van der Waals surface area contributed by atoms with Gasteiger partial charge in [0.25, 0.3) is 5.91 Å². The SMILES string of the molecule is C[C@H]1CN(C(=O)C2CCC(n3/c(=N/C(=O)c4ccccc4)[nH]c4cnc(OCCN5CCCCC5)cc43)CC2)CCN1. The lowest BCUT2D eigenvalue weighted by atomic mass is 9.84. The van der Waals surface area contributed by atoms with Crippen molar-refractivity contribution >= 4 is 22.8 Å². The zero-order valence-corrected chi connectivity index (χ0v) is 24.6. The molecule has 0 spiro atoms. The fraction of sp³-hybridized carbons (Fsp3) is 0.562. The molecule has 3 aliphatic rings. The number of H-pyrrole nitrogens is 1. The number of piperazine rings is 1. The van der Waals surface area contributed by atoms with Crippen LogP contribution >= 0.6 is 0 Å². The summed E-state index contributed by atoms with van der Waals surface area (Å²) < 4.78 is 8.25. The summed E-state index contributed by atoms with van der Waals surface area (Å²) in [7, 11) is 0. The first-order valence-corrected chi connectivity index (χ1v) is 15.7. The first-order chi connectivity index (χ1) is 20.5. The number of fused-ring (bicyclic) bond motifs is 1. The second kappa shape index (κ2) is 13.2. The second-order valence-corrected chi connectivity index (χ2v) is 12.0. The summed E-state index contributed by atoms with van der Waals surface area (Å²) in [5.74, 6) is 0.603. The van der Waals surface area contributed by atoms with Gasteiger partial charge in [0.15, 0.2) is 0 Å². The molecule has 224 valence electrons. The fourth-order valence-corrected chi connectivity index (χ4v) is 6.72. The van der Waals surface area contributed by atoms with Crippen molar-refractivity contribution in [3.8, 4) is 5.88 Å². The number of piperidine rings is 1. The number of nitrogens with one attached hydrogen (secondary N) is 2. The fourth-order valence-electron chi connectivity index (χ4n) is 6.72. The van der Waals surface area contributed by atoms with Crippen LogP contribution in [-0.2, 0) is 4.79 Å². The summed E-state index contributed by atoms with van der Waals surface area (Å²) in [4.78, 5) is 43.4. The number of imidazole rings is 1. The number of nitrogens with zero attached hydrogens (tertiary/aromatic N) is 5. The third kappa shape index (κ3) is 6.60. The molecular formula is C32H43N7O3. The van der Waals surface area contributed by atoms with Gasteiger partial charge in [0.1, 0.15) is 6.61 Å². The Morgan fingerprint density at radius 2 is 1.83 bits per heavy atom. The lowest BCUT2D eigenvalue weighted by molar-refractivity contribution is -0.137. The van der Waals surface area contributed by atoms with Gasteiger partial charge in [-0.15, -0.1) is 0 Å². The van der Waals surface area contributed by atoms with Crippen LogP contribution < -0.4 is 15.7 Å². The molecule has 10 nitrogen and oxygen atoms in total. The molecule has 3 aromatic rings. The minimum absolute atomic E-state index is 0.0408. The molecule has 1 saturated carbocycles. The normalized spacial score (nSPS) is 24.2. The molecule has 42 heavy (non-hydrogen) atoms. The molecule has 2 amide bonds. The zero-order chi connectivity index (χ0) is 28.9. The van der Waals surface area contributed by atoms with Gasteiger partial charge in [0.2, 0.25) is 17.4 Å². The molecule has 6 rings (SSSR count). The van der Waals surface area contributed by atoms with E-state index < -0.39 is 0 Å². The topological polar surface area (TPSA) is 108 Å². The van der Waals surface area contributed by atoms with Crippen LogP contribution in [0.15, 0.2) is 47.6 Å². The Bertz CT molecular complexity index is 1440. The Hall–Kier alpha value is -3.50. The Kier molecular flexibility index (Phi) is 9.00. The first kappa shape index (κ1) is 28.6. The van der Waals surface area contributed by atoms with Gasteiger partial charge in [-0.3, -0.25) is 14.5 Å². The van der Waals surface area contributed by atoms with Gasteiger partial charge in [-0.1, -0.05) is 24.6 Å². The van der Waals surface area contributed by atoms with E-state index in [-0.39, 0.29) is 23.8 Å².